The first-order valence-electron chi connectivity index (χ1n) is 35.4. The van der Waals surface area contributed by atoms with Crippen molar-refractivity contribution in [3.8, 4) is 65.6 Å². The van der Waals surface area contributed by atoms with Crippen molar-refractivity contribution < 1.29 is 0 Å². The van der Waals surface area contributed by atoms with Gasteiger partial charge in [0.05, 0.1) is 31.5 Å². The van der Waals surface area contributed by atoms with Crippen LogP contribution in [-0.4, -0.2) is 19.9 Å². The summed E-state index contributed by atoms with van der Waals surface area (Å²) >= 11 is 3.65. The lowest BCUT2D eigenvalue weighted by Crippen LogP contribution is -2.25. The summed E-state index contributed by atoms with van der Waals surface area (Å²) in [6, 6.07) is 56.1. The average molecular weight is 1220 g/mol. The first-order chi connectivity index (χ1) is 44.4. The van der Waals surface area contributed by atoms with Crippen LogP contribution in [0.1, 0.15) is 230 Å². The molecule has 0 saturated carbocycles. The van der Waals surface area contributed by atoms with Gasteiger partial charge in [0, 0.05) is 56.2 Å². The molecule has 0 aliphatic heterocycles. The van der Waals surface area contributed by atoms with Gasteiger partial charge in [-0.15, -0.1) is 22.7 Å². The molecule has 0 unspecified atom stereocenters. The predicted octanol–water partition coefficient (Wildman–Crippen LogP) is 26.2. The van der Waals surface area contributed by atoms with Crippen LogP contribution in [0.3, 0.4) is 0 Å². The standard InChI is InChI=1S/C84H94N4S2/c1-5-9-13-17-21-29-47-83(48-30-22-18-14-10-6-2)71-53-59(39-43-67(71)69-45-41-63(55-73(69)83)81-87-75-33-25-27-35-77(75)89-81)65-51-61-37-38-62-52-66(58-86-80(62)79(61)85-57-65)60-40-44-68-70-46-42-64(82-88-76-34-26-28-36-78(76)90-82)56-74(70)84(72(68)54-60,49-31-23-19-15-11-7-3)50-32-24-20-16-12-8-4/h25-28,33-46,51-58H,5-24,29-32,47-50H2,1-4H3. The zero-order chi connectivity index (χ0) is 61.3. The lowest BCUT2D eigenvalue weighted by Gasteiger charge is -2.33. The number of thiazole rings is 2. The van der Waals surface area contributed by atoms with Crippen molar-refractivity contribution in [3.63, 3.8) is 0 Å². The number of aromatic nitrogens is 4. The number of rotatable bonds is 32. The first kappa shape index (κ1) is 62.0. The highest BCUT2D eigenvalue weighted by Gasteiger charge is 2.44. The number of pyridine rings is 2. The summed E-state index contributed by atoms with van der Waals surface area (Å²) in [5.41, 5.74) is 23.0. The van der Waals surface area contributed by atoms with Gasteiger partial charge >= 0.3 is 0 Å². The van der Waals surface area contributed by atoms with Crippen molar-refractivity contribution in [2.75, 3.05) is 0 Å². The molecule has 0 amide bonds. The second-order valence-electron chi connectivity index (χ2n) is 26.9. The molecule has 0 fully saturated rings. The minimum atomic E-state index is -0.0710. The van der Waals surface area contributed by atoms with Crippen molar-refractivity contribution in [1.82, 2.24) is 19.9 Å². The third-order valence-electron chi connectivity index (χ3n) is 20.8. The van der Waals surface area contributed by atoms with Crippen molar-refractivity contribution in [2.45, 2.75) is 218 Å². The predicted molar refractivity (Wildman–Crippen MR) is 390 cm³/mol. The monoisotopic (exact) mass is 1220 g/mol. The van der Waals surface area contributed by atoms with Gasteiger partial charge in [-0.05, 0) is 142 Å². The smallest absolute Gasteiger partial charge is 0.124 e. The Hall–Kier alpha value is -6.86. The van der Waals surface area contributed by atoms with Crippen molar-refractivity contribution >= 4 is 64.9 Å². The number of hydrogen-bond acceptors (Lipinski definition) is 6. The maximum Gasteiger partial charge on any atom is 0.124 e. The topological polar surface area (TPSA) is 51.6 Å². The molecule has 0 atom stereocenters. The van der Waals surface area contributed by atoms with Crippen LogP contribution in [0, 0.1) is 0 Å². The van der Waals surface area contributed by atoms with E-state index in [2.05, 4.69) is 186 Å². The van der Waals surface area contributed by atoms with E-state index < -0.39 is 0 Å². The van der Waals surface area contributed by atoms with E-state index in [9.17, 15) is 0 Å². The first-order valence-corrected chi connectivity index (χ1v) is 37.0. The van der Waals surface area contributed by atoms with Gasteiger partial charge in [0.15, 0.2) is 0 Å². The van der Waals surface area contributed by atoms with E-state index in [1.54, 1.807) is 0 Å². The van der Waals surface area contributed by atoms with Gasteiger partial charge in [-0.1, -0.05) is 267 Å². The van der Waals surface area contributed by atoms with E-state index in [1.807, 2.05) is 22.7 Å². The quantitative estimate of drug-likeness (QED) is 0.0311. The van der Waals surface area contributed by atoms with Crippen molar-refractivity contribution in [1.29, 1.82) is 0 Å². The Bertz CT molecular complexity index is 3890. The molecule has 0 N–H and O–H groups in total. The van der Waals surface area contributed by atoms with E-state index >= 15 is 0 Å². The molecule has 4 nitrogen and oxygen atoms in total. The van der Waals surface area contributed by atoms with Crippen LogP contribution >= 0.6 is 22.7 Å². The minimum Gasteiger partial charge on any atom is -0.253 e. The second kappa shape index (κ2) is 28.8. The Morgan fingerprint density at radius 1 is 0.300 bits per heavy atom. The summed E-state index contributed by atoms with van der Waals surface area (Å²) in [6.07, 6.45) is 40.0. The average Bonchev–Trinajstić information content (AvgIpc) is 1.57. The summed E-state index contributed by atoms with van der Waals surface area (Å²) in [7, 11) is 0. The lowest BCUT2D eigenvalue weighted by molar-refractivity contribution is 0.398. The molecule has 462 valence electrons. The van der Waals surface area contributed by atoms with Crippen LogP contribution in [-0.2, 0) is 10.8 Å². The molecule has 4 aromatic heterocycles. The van der Waals surface area contributed by atoms with E-state index in [4.69, 9.17) is 19.9 Å². The molecule has 6 heteroatoms. The Kier molecular flexibility index (Phi) is 19.8. The fourth-order valence-corrected chi connectivity index (χ4v) is 17.8. The number of nitrogens with zero attached hydrogens (tertiary/aromatic N) is 4. The SMILES string of the molecule is CCCCCCCCC1(CCCCCCCC)c2cc(-c3cnc4c(ccc5cc(-c6ccc7c(c6)C(CCCCCCCC)(CCCCCCCC)c6cc(-c8nc9ccccc9s8)ccc6-7)cnc54)c3)ccc2-c2ccc(-c3nc4ccccc4s3)cc21. The highest BCUT2D eigenvalue weighted by Crippen LogP contribution is 2.58. The lowest BCUT2D eigenvalue weighted by atomic mass is 9.70. The molecular formula is C84H94N4S2. The molecule has 90 heavy (non-hydrogen) atoms. The van der Waals surface area contributed by atoms with Gasteiger partial charge in [-0.2, -0.15) is 0 Å². The van der Waals surface area contributed by atoms with Crippen molar-refractivity contribution in [2.24, 2.45) is 0 Å². The molecular weight excluding hydrogens is 1130 g/mol. The van der Waals surface area contributed by atoms with E-state index in [0.29, 0.717) is 0 Å². The summed E-state index contributed by atoms with van der Waals surface area (Å²) in [5.74, 6) is 0. The second-order valence-corrected chi connectivity index (χ2v) is 29.0. The van der Waals surface area contributed by atoms with Gasteiger partial charge in [-0.25, -0.2) is 9.97 Å². The zero-order valence-corrected chi connectivity index (χ0v) is 56.0. The molecule has 0 saturated heterocycles. The van der Waals surface area contributed by atoms with Crippen LogP contribution < -0.4 is 0 Å². The molecule has 11 aromatic rings. The van der Waals surface area contributed by atoms with Crippen LogP contribution in [0.15, 0.2) is 158 Å². The molecule has 0 spiro atoms. The molecule has 2 aliphatic carbocycles. The largest absolute Gasteiger partial charge is 0.253 e. The van der Waals surface area contributed by atoms with Crippen LogP contribution in [0.2, 0.25) is 0 Å². The minimum absolute atomic E-state index is 0.0710. The molecule has 7 aromatic carbocycles. The van der Waals surface area contributed by atoms with Gasteiger partial charge < -0.3 is 0 Å². The zero-order valence-electron chi connectivity index (χ0n) is 54.4. The maximum atomic E-state index is 5.35. The highest BCUT2D eigenvalue weighted by atomic mass is 32.1. The van der Waals surface area contributed by atoms with Crippen molar-refractivity contribution in [3.05, 3.63) is 180 Å². The Morgan fingerprint density at radius 3 is 0.956 bits per heavy atom. The maximum absolute atomic E-state index is 5.35. The van der Waals surface area contributed by atoms with E-state index in [1.165, 1.54) is 256 Å². The fourth-order valence-electron chi connectivity index (χ4n) is 15.9. The third-order valence-corrected chi connectivity index (χ3v) is 23.0. The van der Waals surface area contributed by atoms with Gasteiger partial charge in [0.1, 0.15) is 10.0 Å². The number of fused-ring (bicyclic) bond motifs is 11. The summed E-state index contributed by atoms with van der Waals surface area (Å²) in [6.45, 7) is 9.31. The Labute approximate surface area is 545 Å². The number of unbranched alkanes of at least 4 members (excludes halogenated alkanes) is 20. The van der Waals surface area contributed by atoms with E-state index in [-0.39, 0.29) is 10.8 Å². The molecule has 0 radical (unpaired) electrons. The molecule has 0 bridgehead atoms. The van der Waals surface area contributed by atoms with Gasteiger partial charge in [0.25, 0.3) is 0 Å². The van der Waals surface area contributed by atoms with Gasteiger partial charge in [-0.3, -0.25) is 9.97 Å². The molecule has 13 rings (SSSR count). The number of para-hydroxylation sites is 2. The molecule has 2 aliphatic rings. The number of hydrogen-bond donors (Lipinski definition) is 0. The summed E-state index contributed by atoms with van der Waals surface area (Å²) < 4.78 is 2.50. The fraction of sp³-hybridized carbons (Fsp3) is 0.405. The Balaban J connectivity index is 0.836. The van der Waals surface area contributed by atoms with Crippen LogP contribution in [0.25, 0.3) is 108 Å². The van der Waals surface area contributed by atoms with Crippen LogP contribution in [0.5, 0.6) is 0 Å². The van der Waals surface area contributed by atoms with E-state index in [0.717, 1.165) is 54.0 Å². The highest BCUT2D eigenvalue weighted by molar-refractivity contribution is 7.22. The molecule has 4 heterocycles. The van der Waals surface area contributed by atoms with Gasteiger partial charge in [0.2, 0.25) is 0 Å². The Morgan fingerprint density at radius 2 is 0.611 bits per heavy atom. The normalized spacial score (nSPS) is 13.6. The summed E-state index contributed by atoms with van der Waals surface area (Å²) in [5, 5.41) is 4.50. The summed E-state index contributed by atoms with van der Waals surface area (Å²) in [4.78, 5) is 21.1. The third kappa shape index (κ3) is 12.8. The van der Waals surface area contributed by atoms with Crippen LogP contribution in [0.4, 0.5) is 0 Å². The number of benzene rings is 7.